The summed E-state index contributed by atoms with van der Waals surface area (Å²) in [6.07, 6.45) is 6.68. The summed E-state index contributed by atoms with van der Waals surface area (Å²) < 4.78 is 11.5. The summed E-state index contributed by atoms with van der Waals surface area (Å²) in [5.74, 6) is -0.963. The van der Waals surface area contributed by atoms with E-state index >= 15 is 0 Å². The topological polar surface area (TPSA) is 138 Å². The standard InChI is InChI=1S/C28H37N3O6/c1-27(9-4-10-27)16-30-24(32)19-5-6-21(19)31-25(33)20-14-22(17(15-29)13-23(20)36-3)37-18-7-11-28(2,12-8-18)26(34)35/h13-14,18-19,21H,4-12,16H2,1-3H3,(H,30,32)(H,31,33)(H,34,35)/t18?,19-,21?,28?/m1/s1. The van der Waals surface area contributed by atoms with Gasteiger partial charge in [0.25, 0.3) is 5.91 Å². The van der Waals surface area contributed by atoms with E-state index in [4.69, 9.17) is 9.47 Å². The number of aliphatic carboxylic acids is 1. The van der Waals surface area contributed by atoms with E-state index in [-0.39, 0.29) is 57.9 Å². The average Bonchev–Trinajstić information content (AvgIpc) is 2.85. The molecule has 2 atom stereocenters. The molecule has 1 aromatic carbocycles. The number of methoxy groups -OCH3 is 1. The van der Waals surface area contributed by atoms with Gasteiger partial charge in [-0.15, -0.1) is 0 Å². The molecule has 4 rings (SSSR count). The fourth-order valence-electron chi connectivity index (χ4n) is 5.45. The van der Waals surface area contributed by atoms with Gasteiger partial charge in [0.15, 0.2) is 0 Å². The van der Waals surface area contributed by atoms with Crippen molar-refractivity contribution in [2.45, 2.75) is 83.8 Å². The molecular formula is C28H37N3O6. The first-order valence-electron chi connectivity index (χ1n) is 13.2. The Morgan fingerprint density at radius 1 is 1.08 bits per heavy atom. The van der Waals surface area contributed by atoms with Crippen molar-refractivity contribution >= 4 is 17.8 Å². The Morgan fingerprint density at radius 2 is 1.78 bits per heavy atom. The van der Waals surface area contributed by atoms with Gasteiger partial charge in [0, 0.05) is 18.7 Å². The second-order valence-electron chi connectivity index (χ2n) is 11.5. The summed E-state index contributed by atoms with van der Waals surface area (Å²) in [5, 5.41) is 25.2. The number of carboxylic acids is 1. The third kappa shape index (κ3) is 5.68. The van der Waals surface area contributed by atoms with E-state index in [1.54, 1.807) is 6.92 Å². The van der Waals surface area contributed by atoms with Gasteiger partial charge in [0.05, 0.1) is 35.7 Å². The Hall–Kier alpha value is -3.28. The van der Waals surface area contributed by atoms with Gasteiger partial charge in [-0.25, -0.2) is 0 Å². The molecule has 3 N–H and O–H groups in total. The molecule has 0 heterocycles. The minimum atomic E-state index is -0.813. The van der Waals surface area contributed by atoms with Crippen LogP contribution < -0.4 is 20.1 Å². The third-order valence-corrected chi connectivity index (χ3v) is 8.69. The number of benzene rings is 1. The van der Waals surface area contributed by atoms with Crippen LogP contribution in [0.5, 0.6) is 11.5 Å². The van der Waals surface area contributed by atoms with Gasteiger partial charge in [-0.3, -0.25) is 14.4 Å². The van der Waals surface area contributed by atoms with Crippen LogP contribution in [0, 0.1) is 28.1 Å². The number of rotatable bonds is 9. The van der Waals surface area contributed by atoms with Gasteiger partial charge in [-0.2, -0.15) is 5.26 Å². The number of nitrogens with zero attached hydrogens (tertiary/aromatic N) is 1. The lowest BCUT2D eigenvalue weighted by Gasteiger charge is -2.40. The summed E-state index contributed by atoms with van der Waals surface area (Å²) in [7, 11) is 1.43. The van der Waals surface area contributed by atoms with Crippen LogP contribution >= 0.6 is 0 Å². The van der Waals surface area contributed by atoms with E-state index in [0.29, 0.717) is 38.6 Å². The van der Waals surface area contributed by atoms with Crippen molar-refractivity contribution in [2.75, 3.05) is 13.7 Å². The largest absolute Gasteiger partial charge is 0.496 e. The monoisotopic (exact) mass is 511 g/mol. The highest BCUT2D eigenvalue weighted by molar-refractivity contribution is 5.98. The van der Waals surface area contributed by atoms with Gasteiger partial charge < -0.3 is 25.2 Å². The lowest BCUT2D eigenvalue weighted by molar-refractivity contribution is -0.150. The zero-order valence-electron chi connectivity index (χ0n) is 21.9. The Balaban J connectivity index is 1.42. The van der Waals surface area contributed by atoms with Crippen molar-refractivity contribution in [3.63, 3.8) is 0 Å². The molecular weight excluding hydrogens is 474 g/mol. The van der Waals surface area contributed by atoms with Gasteiger partial charge >= 0.3 is 5.97 Å². The highest BCUT2D eigenvalue weighted by Gasteiger charge is 2.40. The van der Waals surface area contributed by atoms with E-state index in [2.05, 4.69) is 23.6 Å². The number of ether oxygens (including phenoxy) is 2. The summed E-state index contributed by atoms with van der Waals surface area (Å²) in [4.78, 5) is 37.5. The van der Waals surface area contributed by atoms with Gasteiger partial charge in [-0.1, -0.05) is 13.3 Å². The third-order valence-electron chi connectivity index (χ3n) is 8.69. The summed E-state index contributed by atoms with van der Waals surface area (Å²) in [5.41, 5.74) is -0.111. The maximum Gasteiger partial charge on any atom is 0.309 e. The molecule has 0 spiro atoms. The second-order valence-corrected chi connectivity index (χ2v) is 11.5. The molecule has 3 aliphatic carbocycles. The minimum absolute atomic E-state index is 0.0221. The normalized spacial score (nSPS) is 28.0. The van der Waals surface area contributed by atoms with Crippen molar-refractivity contribution in [2.24, 2.45) is 16.7 Å². The molecule has 2 amide bonds. The van der Waals surface area contributed by atoms with Crippen LogP contribution in [0.2, 0.25) is 0 Å². The molecule has 1 aromatic rings. The fraction of sp³-hybridized carbons (Fsp3) is 0.643. The van der Waals surface area contributed by atoms with E-state index in [9.17, 15) is 24.8 Å². The Bertz CT molecular complexity index is 1100. The van der Waals surface area contributed by atoms with Crippen molar-refractivity contribution in [1.29, 1.82) is 5.26 Å². The molecule has 0 aliphatic heterocycles. The quantitative estimate of drug-likeness (QED) is 0.458. The number of amides is 2. The van der Waals surface area contributed by atoms with Gasteiger partial charge in [0.2, 0.25) is 5.91 Å². The Kier molecular flexibility index (Phi) is 7.67. The number of hydrogen-bond donors (Lipinski definition) is 3. The number of hydrogen-bond acceptors (Lipinski definition) is 6. The lowest BCUT2D eigenvalue weighted by atomic mass is 9.70. The number of nitrogens with one attached hydrogen (secondary N) is 2. The van der Waals surface area contributed by atoms with Crippen LogP contribution in [0.4, 0.5) is 0 Å². The molecule has 37 heavy (non-hydrogen) atoms. The van der Waals surface area contributed by atoms with E-state index in [1.165, 1.54) is 25.7 Å². The SMILES string of the molecule is COc1cc(C#N)c(OC2CCC(C)(C(=O)O)CC2)cc1C(=O)NC1CC[C@H]1C(=O)NCC1(C)CCC1. The average molecular weight is 512 g/mol. The van der Waals surface area contributed by atoms with Crippen LogP contribution in [-0.2, 0) is 9.59 Å². The molecule has 3 fully saturated rings. The summed E-state index contributed by atoms with van der Waals surface area (Å²) in [6.45, 7) is 4.59. The van der Waals surface area contributed by atoms with Crippen molar-refractivity contribution in [1.82, 2.24) is 10.6 Å². The molecule has 1 unspecified atom stereocenters. The molecule has 0 saturated heterocycles. The minimum Gasteiger partial charge on any atom is -0.496 e. The molecule has 3 aliphatic rings. The van der Waals surface area contributed by atoms with Crippen LogP contribution in [0.3, 0.4) is 0 Å². The van der Waals surface area contributed by atoms with Crippen molar-refractivity contribution < 1.29 is 29.0 Å². The number of carboxylic acid groups (broad SMARTS) is 1. The Morgan fingerprint density at radius 3 is 2.30 bits per heavy atom. The molecule has 0 radical (unpaired) electrons. The smallest absolute Gasteiger partial charge is 0.309 e. The first kappa shape index (κ1) is 26.8. The zero-order chi connectivity index (χ0) is 26.8. The highest BCUT2D eigenvalue weighted by Crippen LogP contribution is 2.40. The van der Waals surface area contributed by atoms with Crippen LogP contribution in [-0.4, -0.2) is 48.7 Å². The lowest BCUT2D eigenvalue weighted by Crippen LogP contribution is -2.54. The van der Waals surface area contributed by atoms with Crippen LogP contribution in [0.15, 0.2) is 12.1 Å². The predicted molar refractivity (Wildman–Crippen MR) is 135 cm³/mol. The first-order chi connectivity index (χ1) is 17.6. The van der Waals surface area contributed by atoms with Gasteiger partial charge in [-0.05, 0) is 69.8 Å². The van der Waals surface area contributed by atoms with E-state index < -0.39 is 11.4 Å². The number of nitriles is 1. The van der Waals surface area contributed by atoms with Crippen LogP contribution in [0.25, 0.3) is 0 Å². The Labute approximate surface area is 217 Å². The first-order valence-corrected chi connectivity index (χ1v) is 13.2. The number of carbonyl (C=O) groups is 3. The summed E-state index contributed by atoms with van der Waals surface area (Å²) >= 11 is 0. The maximum atomic E-state index is 13.2. The fourth-order valence-corrected chi connectivity index (χ4v) is 5.45. The molecule has 0 aromatic heterocycles. The summed E-state index contributed by atoms with van der Waals surface area (Å²) in [6, 6.07) is 4.83. The van der Waals surface area contributed by atoms with Crippen LogP contribution in [0.1, 0.15) is 87.6 Å². The molecule has 200 valence electrons. The van der Waals surface area contributed by atoms with Crippen molar-refractivity contribution in [3.05, 3.63) is 23.3 Å². The zero-order valence-corrected chi connectivity index (χ0v) is 21.9. The molecule has 9 nitrogen and oxygen atoms in total. The molecule has 0 bridgehead atoms. The van der Waals surface area contributed by atoms with Crippen molar-refractivity contribution in [3.8, 4) is 17.6 Å². The number of carbonyl (C=O) groups excluding carboxylic acids is 2. The van der Waals surface area contributed by atoms with E-state index in [0.717, 1.165) is 19.3 Å². The maximum absolute atomic E-state index is 13.2. The highest BCUT2D eigenvalue weighted by atomic mass is 16.5. The second kappa shape index (κ2) is 10.6. The predicted octanol–water partition coefficient (Wildman–Crippen LogP) is 3.79. The van der Waals surface area contributed by atoms with E-state index in [1.807, 2.05) is 0 Å². The van der Waals surface area contributed by atoms with Gasteiger partial charge in [0.1, 0.15) is 17.6 Å². The molecule has 3 saturated carbocycles. The molecule has 9 heteroatoms.